The molecule has 0 aliphatic carbocycles. The molecule has 0 spiro atoms. The maximum Gasteiger partial charge on any atom is 0.338 e. The van der Waals surface area contributed by atoms with Crippen LogP contribution in [0.25, 0.3) is 0 Å². The van der Waals surface area contributed by atoms with Crippen molar-refractivity contribution in [2.75, 3.05) is 26.4 Å². The van der Waals surface area contributed by atoms with Gasteiger partial charge < -0.3 is 19.3 Å². The summed E-state index contributed by atoms with van der Waals surface area (Å²) >= 11 is 0. The lowest BCUT2D eigenvalue weighted by atomic mass is 10.1. The fourth-order valence-electron chi connectivity index (χ4n) is 2.18. The van der Waals surface area contributed by atoms with Crippen molar-refractivity contribution in [2.24, 2.45) is 0 Å². The monoisotopic (exact) mass is 311 g/mol. The van der Waals surface area contributed by atoms with Crippen LogP contribution in [0.2, 0.25) is 0 Å². The molecule has 1 N–H and O–H groups in total. The molecule has 1 aliphatic heterocycles. The summed E-state index contributed by atoms with van der Waals surface area (Å²) in [6.07, 6.45) is 0.619. The van der Waals surface area contributed by atoms with Crippen molar-refractivity contribution in [2.45, 2.75) is 18.6 Å². The van der Waals surface area contributed by atoms with Gasteiger partial charge in [0.1, 0.15) is 0 Å². The second kappa shape index (κ2) is 7.30. The molecular weight excluding hydrogens is 294 g/mol. The number of carbonyl (C=O) groups is 1. The van der Waals surface area contributed by atoms with E-state index in [-0.39, 0.29) is 24.5 Å². The Morgan fingerprint density at radius 2 is 1.91 bits per heavy atom. The van der Waals surface area contributed by atoms with Gasteiger partial charge in [-0.2, -0.15) is 0 Å². The van der Waals surface area contributed by atoms with Gasteiger partial charge in [0.15, 0.2) is 5.79 Å². The van der Waals surface area contributed by atoms with Crippen LogP contribution >= 0.6 is 0 Å². The Kier molecular flexibility index (Phi) is 5.42. The molecule has 0 atom stereocenters. The summed E-state index contributed by atoms with van der Waals surface area (Å²) in [4.78, 5) is 21.8. The molecular formula is C14H17NO7. The molecule has 0 radical (unpaired) electrons. The molecule has 1 aromatic rings. The number of hydrogen-bond acceptors (Lipinski definition) is 7. The zero-order chi connectivity index (χ0) is 16.0. The van der Waals surface area contributed by atoms with Crippen molar-refractivity contribution < 1.29 is 29.0 Å². The molecule has 1 saturated heterocycles. The van der Waals surface area contributed by atoms with Crippen molar-refractivity contribution >= 4 is 11.7 Å². The summed E-state index contributed by atoms with van der Waals surface area (Å²) in [6.45, 7) is 0.860. The molecule has 22 heavy (non-hydrogen) atoms. The van der Waals surface area contributed by atoms with Crippen molar-refractivity contribution in [3.8, 4) is 0 Å². The number of carbonyl (C=O) groups excluding carboxylic acids is 1. The highest BCUT2D eigenvalue weighted by Gasteiger charge is 2.36. The lowest BCUT2D eigenvalue weighted by Crippen LogP contribution is -2.33. The Morgan fingerprint density at radius 3 is 2.45 bits per heavy atom. The van der Waals surface area contributed by atoms with Crippen LogP contribution in [0.4, 0.5) is 5.69 Å². The zero-order valence-electron chi connectivity index (χ0n) is 11.9. The molecule has 120 valence electrons. The second-order valence-electron chi connectivity index (χ2n) is 4.77. The predicted molar refractivity (Wildman–Crippen MR) is 74.3 cm³/mol. The number of hydrogen-bond donors (Lipinski definition) is 1. The third-order valence-corrected chi connectivity index (χ3v) is 3.34. The van der Waals surface area contributed by atoms with Crippen molar-refractivity contribution in [3.63, 3.8) is 0 Å². The lowest BCUT2D eigenvalue weighted by Gasteiger charge is -2.26. The van der Waals surface area contributed by atoms with Crippen LogP contribution in [0.5, 0.6) is 0 Å². The molecule has 1 heterocycles. The lowest BCUT2D eigenvalue weighted by molar-refractivity contribution is -0.384. The van der Waals surface area contributed by atoms with Gasteiger partial charge >= 0.3 is 5.97 Å². The molecule has 8 nitrogen and oxygen atoms in total. The minimum Gasteiger partial charge on any atom is -0.462 e. The van der Waals surface area contributed by atoms with Gasteiger partial charge in [0.25, 0.3) is 5.69 Å². The topological polar surface area (TPSA) is 108 Å². The van der Waals surface area contributed by atoms with E-state index in [1.54, 1.807) is 0 Å². The first-order valence-electron chi connectivity index (χ1n) is 6.87. The number of nitro groups is 1. The van der Waals surface area contributed by atoms with Crippen LogP contribution in [-0.4, -0.2) is 48.2 Å². The van der Waals surface area contributed by atoms with Crippen LogP contribution < -0.4 is 0 Å². The normalized spacial score (nSPS) is 16.4. The number of rotatable bonds is 7. The Bertz CT molecular complexity index is 522. The van der Waals surface area contributed by atoms with Crippen LogP contribution in [0.3, 0.4) is 0 Å². The van der Waals surface area contributed by atoms with E-state index in [9.17, 15) is 14.9 Å². The summed E-state index contributed by atoms with van der Waals surface area (Å²) in [7, 11) is 0. The van der Waals surface area contributed by atoms with Crippen molar-refractivity contribution in [1.29, 1.82) is 0 Å². The van der Waals surface area contributed by atoms with Gasteiger partial charge in [0, 0.05) is 31.6 Å². The minimum atomic E-state index is -0.898. The molecule has 1 aromatic carbocycles. The average Bonchev–Trinajstić information content (AvgIpc) is 2.96. The fraction of sp³-hybridized carbons (Fsp3) is 0.500. The maximum atomic E-state index is 11.8. The number of non-ortho nitro benzene ring substituents is 1. The first-order valence-corrected chi connectivity index (χ1v) is 6.87. The third-order valence-electron chi connectivity index (χ3n) is 3.34. The molecule has 0 unspecified atom stereocenters. The van der Waals surface area contributed by atoms with Gasteiger partial charge in [0.2, 0.25) is 0 Å². The smallest absolute Gasteiger partial charge is 0.338 e. The van der Waals surface area contributed by atoms with Crippen molar-refractivity contribution in [1.82, 2.24) is 0 Å². The van der Waals surface area contributed by atoms with Gasteiger partial charge in [-0.3, -0.25) is 10.1 Å². The number of esters is 1. The number of nitrogens with zero attached hydrogens (tertiary/aromatic N) is 1. The summed E-state index contributed by atoms with van der Waals surface area (Å²) in [6, 6.07) is 5.17. The highest BCUT2D eigenvalue weighted by Crippen LogP contribution is 2.27. The fourth-order valence-corrected chi connectivity index (χ4v) is 2.18. The van der Waals surface area contributed by atoms with Crippen LogP contribution in [0.15, 0.2) is 24.3 Å². The predicted octanol–water partition coefficient (Wildman–Crippen LogP) is 1.27. The largest absolute Gasteiger partial charge is 0.462 e. The van der Waals surface area contributed by atoms with E-state index >= 15 is 0 Å². The summed E-state index contributed by atoms with van der Waals surface area (Å²) in [5.41, 5.74) is 0.140. The van der Waals surface area contributed by atoms with Gasteiger partial charge in [-0.15, -0.1) is 0 Å². The summed E-state index contributed by atoms with van der Waals surface area (Å²) in [5, 5.41) is 19.6. The molecule has 1 aliphatic rings. The van der Waals surface area contributed by atoms with Crippen molar-refractivity contribution in [3.05, 3.63) is 39.9 Å². The molecule has 8 heteroatoms. The molecule has 0 amide bonds. The first-order chi connectivity index (χ1) is 10.6. The number of aliphatic hydroxyl groups is 1. The quantitative estimate of drug-likeness (QED) is 0.459. The van der Waals surface area contributed by atoms with E-state index in [1.165, 1.54) is 24.3 Å². The number of aliphatic hydroxyl groups excluding tert-OH is 1. The van der Waals surface area contributed by atoms with E-state index in [0.29, 0.717) is 26.1 Å². The van der Waals surface area contributed by atoms with E-state index < -0.39 is 16.7 Å². The second-order valence-corrected chi connectivity index (χ2v) is 4.77. The Morgan fingerprint density at radius 1 is 1.27 bits per heavy atom. The van der Waals surface area contributed by atoms with E-state index in [0.717, 1.165) is 0 Å². The Labute approximate surface area is 126 Å². The van der Waals surface area contributed by atoms with Gasteiger partial charge in [-0.25, -0.2) is 4.79 Å². The molecule has 0 aromatic heterocycles. The Balaban J connectivity index is 1.85. The van der Waals surface area contributed by atoms with Crippen LogP contribution in [-0.2, 0) is 14.2 Å². The number of benzene rings is 1. The van der Waals surface area contributed by atoms with E-state index in [1.807, 2.05) is 0 Å². The molecule has 2 rings (SSSR count). The number of nitro benzene ring substituents is 1. The van der Waals surface area contributed by atoms with E-state index in [4.69, 9.17) is 19.3 Å². The minimum absolute atomic E-state index is 0.0653. The summed E-state index contributed by atoms with van der Waals surface area (Å²) in [5.74, 6) is -1.48. The highest BCUT2D eigenvalue weighted by atomic mass is 16.7. The summed E-state index contributed by atoms with van der Waals surface area (Å²) < 4.78 is 16.0. The van der Waals surface area contributed by atoms with E-state index in [2.05, 4.69) is 0 Å². The molecule has 1 fully saturated rings. The van der Waals surface area contributed by atoms with Gasteiger partial charge in [-0.05, 0) is 12.1 Å². The number of ether oxygens (including phenoxy) is 3. The molecule has 0 saturated carbocycles. The molecule has 0 bridgehead atoms. The third kappa shape index (κ3) is 4.00. The first kappa shape index (κ1) is 16.3. The van der Waals surface area contributed by atoms with Gasteiger partial charge in [-0.1, -0.05) is 0 Å². The highest BCUT2D eigenvalue weighted by molar-refractivity contribution is 5.89. The standard InChI is InChI=1S/C14H17NO7/c16-7-5-14(21-9-10-22-14)6-8-20-13(17)11-1-3-12(4-2-11)15(18)19/h1-4,16H,5-10H2. The van der Waals surface area contributed by atoms with Crippen LogP contribution in [0.1, 0.15) is 23.2 Å². The van der Waals surface area contributed by atoms with Gasteiger partial charge in [0.05, 0.1) is 30.3 Å². The maximum absolute atomic E-state index is 11.8. The van der Waals surface area contributed by atoms with Crippen LogP contribution in [0, 0.1) is 10.1 Å². The Hall–Kier alpha value is -2.03. The average molecular weight is 311 g/mol. The zero-order valence-corrected chi connectivity index (χ0v) is 11.9. The SMILES string of the molecule is O=C(OCCC1(CCO)OCCO1)c1ccc([N+](=O)[O-])cc1.